The normalized spacial score (nSPS) is 9.40. The van der Waals surface area contributed by atoms with Gasteiger partial charge in [0.15, 0.2) is 12.1 Å². The Labute approximate surface area is 109 Å². The van der Waals surface area contributed by atoms with Crippen LogP contribution in [0.2, 0.25) is 0 Å². The van der Waals surface area contributed by atoms with Gasteiger partial charge in [-0.1, -0.05) is 15.9 Å². The van der Waals surface area contributed by atoms with E-state index in [1.54, 1.807) is 6.07 Å². The molecule has 0 unspecified atom stereocenters. The summed E-state index contributed by atoms with van der Waals surface area (Å²) >= 11 is 5.00. The third-order valence-corrected chi connectivity index (χ3v) is 3.21. The number of carbonyl (C=O) groups is 2. The van der Waals surface area contributed by atoms with Crippen LogP contribution in [0.25, 0.3) is 0 Å². The summed E-state index contributed by atoms with van der Waals surface area (Å²) in [6.45, 7) is 0. The largest absolute Gasteiger partial charge is 0.298 e. The SMILES string of the molecule is N#Cc1cc(C=O)c(C(=O)CBr)cc1I. The molecule has 0 heterocycles. The minimum atomic E-state index is -0.167. The number of Topliss-reactive ketones (excluding diaryl/α,β-unsaturated/α-hetero) is 1. The van der Waals surface area contributed by atoms with Gasteiger partial charge in [0, 0.05) is 14.7 Å². The van der Waals surface area contributed by atoms with Crippen molar-refractivity contribution in [3.8, 4) is 6.07 Å². The molecule has 0 fully saturated rings. The number of halogens is 2. The van der Waals surface area contributed by atoms with Gasteiger partial charge in [0.25, 0.3) is 0 Å². The standard InChI is InChI=1S/C10H5BrINO2/c11-3-10(15)8-2-9(12)6(4-13)1-7(8)5-14/h1-2,5H,3H2. The van der Waals surface area contributed by atoms with E-state index in [1.807, 2.05) is 28.7 Å². The monoisotopic (exact) mass is 377 g/mol. The number of nitriles is 1. The van der Waals surface area contributed by atoms with Gasteiger partial charge in [0.2, 0.25) is 0 Å². The second kappa shape index (κ2) is 5.37. The highest BCUT2D eigenvalue weighted by atomic mass is 127. The van der Waals surface area contributed by atoms with Gasteiger partial charge in [0.1, 0.15) is 6.07 Å². The highest BCUT2D eigenvalue weighted by Crippen LogP contribution is 2.18. The van der Waals surface area contributed by atoms with Crippen molar-refractivity contribution in [2.45, 2.75) is 0 Å². The summed E-state index contributed by atoms with van der Waals surface area (Å²) in [5, 5.41) is 8.92. The molecule has 76 valence electrons. The molecule has 5 heteroatoms. The van der Waals surface area contributed by atoms with Crippen molar-refractivity contribution in [3.63, 3.8) is 0 Å². The van der Waals surface area contributed by atoms with E-state index < -0.39 is 0 Å². The van der Waals surface area contributed by atoms with E-state index in [1.165, 1.54) is 6.07 Å². The van der Waals surface area contributed by atoms with Crippen LogP contribution in [0.3, 0.4) is 0 Å². The smallest absolute Gasteiger partial charge is 0.174 e. The molecular weight excluding hydrogens is 373 g/mol. The lowest BCUT2D eigenvalue weighted by Crippen LogP contribution is -2.06. The Hall–Kier alpha value is -0.740. The van der Waals surface area contributed by atoms with Gasteiger partial charge < -0.3 is 0 Å². The Kier molecular flexibility index (Phi) is 4.42. The first kappa shape index (κ1) is 12.3. The maximum atomic E-state index is 11.5. The molecule has 0 amide bonds. The minimum absolute atomic E-state index is 0.163. The second-order valence-corrected chi connectivity index (χ2v) is 4.43. The number of nitrogens with zero attached hydrogens (tertiary/aromatic N) is 1. The van der Waals surface area contributed by atoms with Gasteiger partial charge in [-0.3, -0.25) is 9.59 Å². The molecule has 1 rings (SSSR count). The van der Waals surface area contributed by atoms with Gasteiger partial charge in [-0.05, 0) is 34.7 Å². The fourth-order valence-electron chi connectivity index (χ4n) is 1.09. The summed E-state index contributed by atoms with van der Waals surface area (Å²) in [6, 6.07) is 4.96. The van der Waals surface area contributed by atoms with Crippen LogP contribution in [0.15, 0.2) is 12.1 Å². The lowest BCUT2D eigenvalue weighted by Gasteiger charge is -2.04. The summed E-state index contributed by atoms with van der Waals surface area (Å²) < 4.78 is 0.671. The molecule has 0 N–H and O–H groups in total. The van der Waals surface area contributed by atoms with E-state index in [-0.39, 0.29) is 16.7 Å². The number of carbonyl (C=O) groups excluding carboxylic acids is 2. The maximum absolute atomic E-state index is 11.5. The van der Waals surface area contributed by atoms with E-state index in [4.69, 9.17) is 5.26 Å². The fraction of sp³-hybridized carbons (Fsp3) is 0.100. The average Bonchev–Trinajstić information content (AvgIpc) is 2.27. The summed E-state index contributed by atoms with van der Waals surface area (Å²) in [4.78, 5) is 22.2. The van der Waals surface area contributed by atoms with Crippen LogP contribution in [0.5, 0.6) is 0 Å². The Morgan fingerprint density at radius 3 is 2.73 bits per heavy atom. The number of alkyl halides is 1. The molecule has 0 saturated carbocycles. The predicted molar refractivity (Wildman–Crippen MR) is 67.4 cm³/mol. The Morgan fingerprint density at radius 1 is 1.60 bits per heavy atom. The molecule has 0 atom stereocenters. The molecule has 0 aliphatic carbocycles. The van der Waals surface area contributed by atoms with E-state index in [9.17, 15) is 9.59 Å². The van der Waals surface area contributed by atoms with E-state index >= 15 is 0 Å². The Balaban J connectivity index is 3.41. The first-order valence-corrected chi connectivity index (χ1v) is 6.12. The summed E-state index contributed by atoms with van der Waals surface area (Å²) in [5.74, 6) is -0.167. The molecule has 0 aliphatic heterocycles. The van der Waals surface area contributed by atoms with Crippen LogP contribution in [0, 0.1) is 14.9 Å². The lowest BCUT2D eigenvalue weighted by molar-refractivity contribution is 0.101. The van der Waals surface area contributed by atoms with E-state index in [0.29, 0.717) is 21.0 Å². The van der Waals surface area contributed by atoms with Gasteiger partial charge in [-0.2, -0.15) is 5.26 Å². The number of hydrogen-bond acceptors (Lipinski definition) is 3. The number of hydrogen-bond donors (Lipinski definition) is 0. The molecule has 0 spiro atoms. The third kappa shape index (κ3) is 2.63. The molecule has 0 saturated heterocycles. The van der Waals surface area contributed by atoms with Crippen LogP contribution < -0.4 is 0 Å². The average molecular weight is 378 g/mol. The van der Waals surface area contributed by atoms with Gasteiger partial charge in [0.05, 0.1) is 10.9 Å². The molecule has 0 radical (unpaired) electrons. The summed E-state index contributed by atoms with van der Waals surface area (Å²) in [6.07, 6.45) is 0.590. The van der Waals surface area contributed by atoms with Crippen molar-refractivity contribution >= 4 is 50.6 Å². The van der Waals surface area contributed by atoms with Gasteiger partial charge in [-0.25, -0.2) is 0 Å². The molecular formula is C10H5BrINO2. The van der Waals surface area contributed by atoms with Crippen LogP contribution in [-0.4, -0.2) is 17.4 Å². The summed E-state index contributed by atoms with van der Waals surface area (Å²) in [5.41, 5.74) is 1.02. The van der Waals surface area contributed by atoms with Crippen molar-refractivity contribution in [2.75, 3.05) is 5.33 Å². The molecule has 0 aromatic heterocycles. The zero-order valence-electron chi connectivity index (χ0n) is 7.46. The minimum Gasteiger partial charge on any atom is -0.298 e. The van der Waals surface area contributed by atoms with Crippen molar-refractivity contribution in [3.05, 3.63) is 32.4 Å². The number of ketones is 1. The highest BCUT2D eigenvalue weighted by molar-refractivity contribution is 14.1. The number of aldehydes is 1. The molecule has 0 bridgehead atoms. The Bertz CT molecular complexity index is 465. The molecule has 0 aliphatic rings. The predicted octanol–water partition coefficient (Wildman–Crippen LogP) is 2.55. The molecule has 1 aromatic rings. The van der Waals surface area contributed by atoms with Crippen LogP contribution in [0.1, 0.15) is 26.3 Å². The van der Waals surface area contributed by atoms with E-state index in [0.717, 1.165) is 0 Å². The lowest BCUT2D eigenvalue weighted by atomic mass is 10.0. The first-order valence-electron chi connectivity index (χ1n) is 3.92. The van der Waals surface area contributed by atoms with Crippen LogP contribution in [0.4, 0.5) is 0 Å². The van der Waals surface area contributed by atoms with Crippen molar-refractivity contribution in [2.24, 2.45) is 0 Å². The van der Waals surface area contributed by atoms with Gasteiger partial charge in [-0.15, -0.1) is 0 Å². The van der Waals surface area contributed by atoms with Crippen LogP contribution in [-0.2, 0) is 0 Å². The molecule has 3 nitrogen and oxygen atoms in total. The number of benzene rings is 1. The topological polar surface area (TPSA) is 57.9 Å². The van der Waals surface area contributed by atoms with Crippen molar-refractivity contribution in [1.29, 1.82) is 5.26 Å². The molecule has 1 aromatic carbocycles. The number of rotatable bonds is 3. The van der Waals surface area contributed by atoms with Crippen molar-refractivity contribution < 1.29 is 9.59 Å². The van der Waals surface area contributed by atoms with Gasteiger partial charge >= 0.3 is 0 Å². The maximum Gasteiger partial charge on any atom is 0.174 e. The molecule has 15 heavy (non-hydrogen) atoms. The highest BCUT2D eigenvalue weighted by Gasteiger charge is 2.13. The van der Waals surface area contributed by atoms with Crippen LogP contribution >= 0.6 is 38.5 Å². The fourth-order valence-corrected chi connectivity index (χ4v) is 1.98. The second-order valence-electron chi connectivity index (χ2n) is 2.71. The first-order chi connectivity index (χ1) is 7.13. The quantitative estimate of drug-likeness (QED) is 0.352. The Morgan fingerprint density at radius 2 is 2.27 bits per heavy atom. The zero-order valence-corrected chi connectivity index (χ0v) is 11.2. The van der Waals surface area contributed by atoms with Crippen molar-refractivity contribution in [1.82, 2.24) is 0 Å². The zero-order chi connectivity index (χ0) is 11.4. The van der Waals surface area contributed by atoms with E-state index in [2.05, 4.69) is 15.9 Å². The third-order valence-electron chi connectivity index (χ3n) is 1.81. The summed E-state index contributed by atoms with van der Waals surface area (Å²) in [7, 11) is 0.